The van der Waals surface area contributed by atoms with Gasteiger partial charge in [-0.05, 0) is 90.7 Å². The average Bonchev–Trinajstić information content (AvgIpc) is 3.56. The molecule has 2 aliphatic carbocycles. The fraction of sp³-hybridized carbons (Fsp3) is 0.481. The van der Waals surface area contributed by atoms with Crippen LogP contribution in [0.5, 0.6) is 5.75 Å². The van der Waals surface area contributed by atoms with Gasteiger partial charge in [-0.25, -0.2) is 4.68 Å². The van der Waals surface area contributed by atoms with Crippen molar-refractivity contribution in [1.29, 1.82) is 0 Å². The lowest BCUT2D eigenvalue weighted by molar-refractivity contribution is 0.0792. The summed E-state index contributed by atoms with van der Waals surface area (Å²) in [6.07, 6.45) is 7.09. The molecule has 5 rings (SSSR count). The Bertz CT molecular complexity index is 1170. The number of fused-ring (bicyclic) bond motifs is 2. The average molecular weight is 509 g/mol. The van der Waals surface area contributed by atoms with Crippen LogP contribution in [0.25, 0.3) is 0 Å². The number of rotatable bonds is 10. The van der Waals surface area contributed by atoms with Crippen molar-refractivity contribution in [3.63, 3.8) is 0 Å². The summed E-state index contributed by atoms with van der Waals surface area (Å²) in [5, 5.41) is 9.26. The van der Waals surface area contributed by atoms with Crippen LogP contribution in [0, 0.1) is 0 Å². The summed E-state index contributed by atoms with van der Waals surface area (Å²) in [5.41, 5.74) is 7.23. The van der Waals surface area contributed by atoms with Crippen LogP contribution >= 0.6 is 11.8 Å². The lowest BCUT2D eigenvalue weighted by atomic mass is 9.99. The van der Waals surface area contributed by atoms with Gasteiger partial charge in [0.2, 0.25) is 11.1 Å². The smallest absolute Gasteiger partial charge is 0.228 e. The molecule has 3 aromatic rings. The van der Waals surface area contributed by atoms with Crippen molar-refractivity contribution in [3.8, 4) is 5.75 Å². The van der Waals surface area contributed by atoms with Gasteiger partial charge in [-0.2, -0.15) is 4.98 Å². The van der Waals surface area contributed by atoms with E-state index >= 15 is 0 Å². The molecular weight excluding hydrogens is 472 g/mol. The van der Waals surface area contributed by atoms with Crippen molar-refractivity contribution in [3.05, 3.63) is 52.6 Å². The maximum absolute atomic E-state index is 6.09. The molecule has 0 bridgehead atoms. The number of hydrogen-bond donors (Lipinski definition) is 1. The normalized spacial score (nSPS) is 14.7. The largest absolute Gasteiger partial charge is 0.496 e. The monoisotopic (exact) mass is 508 g/mol. The third-order valence-corrected chi connectivity index (χ3v) is 9.46. The topological polar surface area (TPSA) is 61.2 Å². The standard InChI is InChI=1S/C27H36N4O2SSi/c1-32-23-13-5-6-14-24(23)34-27-29-26(31(30-27)18-33-15-16-35(2,3)4)28-25-21-11-7-9-19(21)17-20-10-8-12-22(20)25/h5-6,13-14,17H,7-12,15-16,18H2,1-4H3,(H,28,29,30). The minimum Gasteiger partial charge on any atom is -0.496 e. The van der Waals surface area contributed by atoms with E-state index in [9.17, 15) is 0 Å². The second-order valence-electron chi connectivity index (χ2n) is 10.7. The van der Waals surface area contributed by atoms with Gasteiger partial charge in [0.25, 0.3) is 0 Å². The van der Waals surface area contributed by atoms with Crippen LogP contribution in [0.3, 0.4) is 0 Å². The molecule has 35 heavy (non-hydrogen) atoms. The third-order valence-electron chi connectivity index (χ3n) is 6.84. The van der Waals surface area contributed by atoms with Crippen LogP contribution in [0.1, 0.15) is 35.1 Å². The van der Waals surface area contributed by atoms with Gasteiger partial charge >= 0.3 is 0 Å². The molecule has 6 nitrogen and oxygen atoms in total. The zero-order chi connectivity index (χ0) is 24.4. The summed E-state index contributed by atoms with van der Waals surface area (Å²) < 4.78 is 13.5. The van der Waals surface area contributed by atoms with Gasteiger partial charge in [-0.15, -0.1) is 5.10 Å². The van der Waals surface area contributed by atoms with Gasteiger partial charge in [-0.3, -0.25) is 0 Å². The Morgan fingerprint density at radius 1 is 1.03 bits per heavy atom. The highest BCUT2D eigenvalue weighted by Gasteiger charge is 2.25. The van der Waals surface area contributed by atoms with Gasteiger partial charge < -0.3 is 14.8 Å². The SMILES string of the molecule is COc1ccccc1Sc1nc(Nc2c3c(cc4c2CCC4)CCC3)n(COCC[Si](C)(C)C)n1. The summed E-state index contributed by atoms with van der Waals surface area (Å²) in [4.78, 5) is 5.93. The number of benzene rings is 2. The molecule has 2 aromatic carbocycles. The summed E-state index contributed by atoms with van der Waals surface area (Å²) in [6.45, 7) is 8.26. The van der Waals surface area contributed by atoms with E-state index in [1.54, 1.807) is 7.11 Å². The van der Waals surface area contributed by atoms with Crippen molar-refractivity contribution in [1.82, 2.24) is 14.8 Å². The molecule has 0 saturated heterocycles. The number of nitrogens with zero attached hydrogens (tertiary/aromatic N) is 3. The van der Waals surface area contributed by atoms with Gasteiger partial charge in [0, 0.05) is 20.4 Å². The highest BCUT2D eigenvalue weighted by Crippen LogP contribution is 2.40. The Morgan fingerprint density at radius 3 is 2.43 bits per heavy atom. The molecule has 0 aliphatic heterocycles. The molecule has 1 heterocycles. The molecule has 0 atom stereocenters. The number of para-hydroxylation sites is 1. The third kappa shape index (κ3) is 5.60. The number of anilines is 2. The van der Waals surface area contributed by atoms with Gasteiger partial charge in [0.1, 0.15) is 12.5 Å². The first-order chi connectivity index (χ1) is 16.9. The molecule has 1 N–H and O–H groups in total. The van der Waals surface area contributed by atoms with E-state index < -0.39 is 8.07 Å². The van der Waals surface area contributed by atoms with E-state index in [2.05, 4.69) is 31.0 Å². The molecule has 1 aromatic heterocycles. The fourth-order valence-electron chi connectivity index (χ4n) is 4.96. The molecular formula is C27H36N4O2SSi. The van der Waals surface area contributed by atoms with Crippen molar-refractivity contribution in [2.24, 2.45) is 0 Å². The van der Waals surface area contributed by atoms with Crippen LogP contribution < -0.4 is 10.1 Å². The first-order valence-corrected chi connectivity index (χ1v) is 17.2. The van der Waals surface area contributed by atoms with E-state index in [4.69, 9.17) is 19.6 Å². The van der Waals surface area contributed by atoms with Gasteiger partial charge in [0.05, 0.1) is 12.0 Å². The maximum Gasteiger partial charge on any atom is 0.228 e. The molecule has 0 fully saturated rings. The number of aromatic nitrogens is 3. The Balaban J connectivity index is 1.44. The predicted octanol–water partition coefficient (Wildman–Crippen LogP) is 6.47. The first kappa shape index (κ1) is 24.4. The van der Waals surface area contributed by atoms with Crippen LogP contribution in [-0.2, 0) is 37.2 Å². The lowest BCUT2D eigenvalue weighted by Gasteiger charge is -2.18. The molecule has 0 spiro atoms. The lowest BCUT2D eigenvalue weighted by Crippen LogP contribution is -2.22. The molecule has 186 valence electrons. The van der Waals surface area contributed by atoms with E-state index in [0.29, 0.717) is 11.9 Å². The number of aryl methyl sites for hydroxylation is 2. The minimum absolute atomic E-state index is 0.392. The fourth-order valence-corrected chi connectivity index (χ4v) is 6.58. The first-order valence-electron chi connectivity index (χ1n) is 12.7. The number of nitrogens with one attached hydrogen (secondary N) is 1. The Kier molecular flexibility index (Phi) is 7.23. The van der Waals surface area contributed by atoms with E-state index in [-0.39, 0.29) is 0 Å². The minimum atomic E-state index is -1.15. The number of hydrogen-bond acceptors (Lipinski definition) is 6. The van der Waals surface area contributed by atoms with Crippen LogP contribution in [0.4, 0.5) is 11.6 Å². The highest BCUT2D eigenvalue weighted by molar-refractivity contribution is 7.99. The predicted molar refractivity (Wildman–Crippen MR) is 145 cm³/mol. The van der Waals surface area contributed by atoms with Crippen LogP contribution in [0.2, 0.25) is 25.7 Å². The Labute approximate surface area is 213 Å². The molecule has 8 heteroatoms. The maximum atomic E-state index is 6.09. The number of methoxy groups -OCH3 is 1. The second-order valence-corrected chi connectivity index (χ2v) is 17.3. The van der Waals surface area contributed by atoms with Crippen molar-refractivity contribution < 1.29 is 9.47 Å². The van der Waals surface area contributed by atoms with Gasteiger partial charge in [0.15, 0.2) is 0 Å². The van der Waals surface area contributed by atoms with Crippen molar-refractivity contribution in [2.45, 2.75) is 81.0 Å². The Morgan fingerprint density at radius 2 is 1.74 bits per heavy atom. The summed E-state index contributed by atoms with van der Waals surface area (Å²) in [7, 11) is 0.542. The van der Waals surface area contributed by atoms with E-state index in [0.717, 1.165) is 42.1 Å². The number of ether oxygens (including phenoxy) is 2. The van der Waals surface area contributed by atoms with E-state index in [1.165, 1.54) is 65.4 Å². The molecule has 0 unspecified atom stereocenters. The van der Waals surface area contributed by atoms with Crippen LogP contribution in [-0.4, -0.2) is 36.6 Å². The second kappa shape index (κ2) is 10.4. The Hall–Kier alpha value is -2.29. The van der Waals surface area contributed by atoms with Gasteiger partial charge in [-0.1, -0.05) is 37.8 Å². The summed E-state index contributed by atoms with van der Waals surface area (Å²) in [5.74, 6) is 1.58. The summed E-state index contributed by atoms with van der Waals surface area (Å²) in [6, 6.07) is 11.6. The molecule has 0 saturated carbocycles. The molecule has 0 amide bonds. The summed E-state index contributed by atoms with van der Waals surface area (Å²) >= 11 is 1.52. The van der Waals surface area contributed by atoms with Crippen molar-refractivity contribution in [2.75, 3.05) is 19.0 Å². The quantitative estimate of drug-likeness (QED) is 0.250. The zero-order valence-corrected chi connectivity index (χ0v) is 23.1. The van der Waals surface area contributed by atoms with Crippen molar-refractivity contribution >= 4 is 31.5 Å². The molecule has 0 radical (unpaired) electrons. The molecule has 2 aliphatic rings. The van der Waals surface area contributed by atoms with Crippen LogP contribution in [0.15, 0.2) is 40.4 Å². The zero-order valence-electron chi connectivity index (χ0n) is 21.3. The highest BCUT2D eigenvalue weighted by atomic mass is 32.2. The van der Waals surface area contributed by atoms with E-state index in [1.807, 2.05) is 28.9 Å².